The van der Waals surface area contributed by atoms with Gasteiger partial charge in [0.2, 0.25) is 5.13 Å². The van der Waals surface area contributed by atoms with Gasteiger partial charge in [0.1, 0.15) is 22.2 Å². The molecule has 8 nitrogen and oxygen atoms in total. The molecule has 0 radical (unpaired) electrons. The van der Waals surface area contributed by atoms with Crippen molar-refractivity contribution in [3.05, 3.63) is 64.2 Å². The third-order valence-corrected chi connectivity index (χ3v) is 7.65. The highest BCUT2D eigenvalue weighted by Gasteiger charge is 2.19. The zero-order valence-electron chi connectivity index (χ0n) is 17.7. The van der Waals surface area contributed by atoms with Gasteiger partial charge < -0.3 is 19.5 Å². The predicted octanol–water partition coefficient (Wildman–Crippen LogP) is 6.09. The monoisotopic (exact) mass is 497 g/mol. The first-order chi connectivity index (χ1) is 16.1. The van der Waals surface area contributed by atoms with Crippen molar-refractivity contribution in [2.24, 2.45) is 0 Å². The highest BCUT2D eigenvalue weighted by atomic mass is 32.2. The molecule has 33 heavy (non-hydrogen) atoms. The molecule has 4 aromatic heterocycles. The summed E-state index contributed by atoms with van der Waals surface area (Å²) in [5.41, 5.74) is 1.41. The summed E-state index contributed by atoms with van der Waals surface area (Å²) in [5.74, 6) is 2.01. The number of fused-ring (bicyclic) bond motifs is 1. The molecule has 0 bridgehead atoms. The number of nitrogens with zero attached hydrogens (tertiary/aromatic N) is 3. The molecular formula is C22H19N5O3S3. The van der Waals surface area contributed by atoms with Crippen LogP contribution in [0.4, 0.5) is 10.8 Å². The highest BCUT2D eigenvalue weighted by Crippen LogP contribution is 2.38. The molecular weight excluding hydrogens is 478 g/mol. The van der Waals surface area contributed by atoms with Crippen LogP contribution in [-0.4, -0.2) is 26.8 Å². The van der Waals surface area contributed by atoms with Gasteiger partial charge in [-0.25, -0.2) is 4.98 Å². The normalized spacial score (nSPS) is 12.2. The summed E-state index contributed by atoms with van der Waals surface area (Å²) in [6.07, 6.45) is 1.59. The van der Waals surface area contributed by atoms with Crippen molar-refractivity contribution in [2.75, 3.05) is 11.9 Å². The lowest BCUT2D eigenvalue weighted by Gasteiger charge is -2.09. The number of benzene rings is 1. The molecule has 1 aromatic carbocycles. The summed E-state index contributed by atoms with van der Waals surface area (Å²) in [5, 5.41) is 14.8. The van der Waals surface area contributed by atoms with Crippen LogP contribution in [-0.2, 0) is 0 Å². The van der Waals surface area contributed by atoms with Crippen LogP contribution in [0.2, 0.25) is 0 Å². The number of nitrogens with one attached hydrogen (secondary N) is 2. The Labute approximate surface area is 201 Å². The minimum atomic E-state index is -0.178. The molecule has 4 heterocycles. The molecule has 0 saturated carbocycles. The van der Waals surface area contributed by atoms with Gasteiger partial charge in [-0.15, -0.1) is 21.5 Å². The Kier molecular flexibility index (Phi) is 6.16. The third-order valence-electron chi connectivity index (χ3n) is 4.75. The average molecular weight is 498 g/mol. The molecule has 0 aliphatic rings. The van der Waals surface area contributed by atoms with E-state index in [1.54, 1.807) is 12.3 Å². The molecule has 0 amide bonds. The van der Waals surface area contributed by atoms with Crippen molar-refractivity contribution < 1.29 is 9.15 Å². The molecule has 0 spiro atoms. The van der Waals surface area contributed by atoms with Crippen LogP contribution in [0.5, 0.6) is 5.75 Å². The van der Waals surface area contributed by atoms with E-state index >= 15 is 0 Å². The van der Waals surface area contributed by atoms with E-state index in [0.717, 1.165) is 21.3 Å². The molecule has 0 saturated heterocycles. The Bertz CT molecular complexity index is 1440. The summed E-state index contributed by atoms with van der Waals surface area (Å²) < 4.78 is 11.9. The van der Waals surface area contributed by atoms with Crippen molar-refractivity contribution in [1.82, 2.24) is 20.2 Å². The lowest BCUT2D eigenvalue weighted by Crippen LogP contribution is -2.12. The first-order valence-electron chi connectivity index (χ1n) is 10.2. The maximum absolute atomic E-state index is 12.8. The van der Waals surface area contributed by atoms with Crippen molar-refractivity contribution in [3.8, 4) is 17.1 Å². The number of hydrogen-bond donors (Lipinski definition) is 2. The number of H-pyrrole nitrogens is 1. The number of para-hydroxylation sites is 2. The SMILES string of the molecule is CCOc1ccccc1Nc1nnc(SC(C)c2nc3scc(-c4ccco4)c3c(=O)[nH]2)s1. The Morgan fingerprint density at radius 2 is 2.12 bits per heavy atom. The Morgan fingerprint density at radius 1 is 1.24 bits per heavy atom. The topological polar surface area (TPSA) is 106 Å². The van der Waals surface area contributed by atoms with E-state index in [1.807, 2.05) is 49.6 Å². The van der Waals surface area contributed by atoms with Gasteiger partial charge in [-0.2, -0.15) is 0 Å². The van der Waals surface area contributed by atoms with Crippen LogP contribution in [0.1, 0.15) is 24.9 Å². The van der Waals surface area contributed by atoms with E-state index in [0.29, 0.717) is 33.5 Å². The zero-order chi connectivity index (χ0) is 22.8. The molecule has 0 aliphatic carbocycles. The first-order valence-corrected chi connectivity index (χ1v) is 12.7. The highest BCUT2D eigenvalue weighted by molar-refractivity contribution is 8.01. The second-order valence-corrected chi connectivity index (χ2v) is 10.4. The smallest absolute Gasteiger partial charge is 0.260 e. The van der Waals surface area contributed by atoms with Gasteiger partial charge in [0, 0.05) is 10.9 Å². The number of thiophene rings is 1. The summed E-state index contributed by atoms with van der Waals surface area (Å²) >= 11 is 4.35. The van der Waals surface area contributed by atoms with E-state index in [4.69, 9.17) is 14.1 Å². The van der Waals surface area contributed by atoms with Crippen LogP contribution in [0.15, 0.2) is 61.6 Å². The minimum Gasteiger partial charge on any atom is -0.492 e. The zero-order valence-corrected chi connectivity index (χ0v) is 20.1. The van der Waals surface area contributed by atoms with Crippen molar-refractivity contribution >= 4 is 55.5 Å². The van der Waals surface area contributed by atoms with Crippen LogP contribution in [0.25, 0.3) is 21.5 Å². The Balaban J connectivity index is 1.34. The minimum absolute atomic E-state index is 0.118. The fourth-order valence-corrected chi connectivity index (χ4v) is 6.15. The Hall–Kier alpha value is -3.15. The van der Waals surface area contributed by atoms with Gasteiger partial charge in [-0.1, -0.05) is 35.2 Å². The Morgan fingerprint density at radius 3 is 2.94 bits per heavy atom. The van der Waals surface area contributed by atoms with Crippen LogP contribution >= 0.6 is 34.4 Å². The number of aromatic nitrogens is 4. The lowest BCUT2D eigenvalue weighted by molar-refractivity contribution is 0.342. The average Bonchev–Trinajstić information content (AvgIpc) is 3.56. The number of anilines is 2. The summed E-state index contributed by atoms with van der Waals surface area (Å²) in [6.45, 7) is 4.51. The fourth-order valence-electron chi connectivity index (χ4n) is 3.25. The molecule has 2 N–H and O–H groups in total. The van der Waals surface area contributed by atoms with E-state index < -0.39 is 0 Å². The van der Waals surface area contributed by atoms with E-state index in [9.17, 15) is 4.79 Å². The third kappa shape index (κ3) is 4.52. The van der Waals surface area contributed by atoms with E-state index in [1.165, 1.54) is 34.4 Å². The number of hydrogen-bond acceptors (Lipinski definition) is 10. The van der Waals surface area contributed by atoms with Crippen LogP contribution < -0.4 is 15.6 Å². The largest absolute Gasteiger partial charge is 0.492 e. The van der Waals surface area contributed by atoms with Crippen LogP contribution in [0, 0.1) is 0 Å². The van der Waals surface area contributed by atoms with Crippen molar-refractivity contribution in [2.45, 2.75) is 23.4 Å². The number of ether oxygens (including phenoxy) is 1. The van der Waals surface area contributed by atoms with Gasteiger partial charge in [0.25, 0.3) is 5.56 Å². The number of aromatic amines is 1. The summed E-state index contributed by atoms with van der Waals surface area (Å²) in [4.78, 5) is 21.1. The second kappa shape index (κ2) is 9.38. The van der Waals surface area contributed by atoms with Gasteiger partial charge in [0.05, 0.1) is 29.2 Å². The second-order valence-electron chi connectivity index (χ2n) is 6.95. The van der Waals surface area contributed by atoms with Crippen LogP contribution in [0.3, 0.4) is 0 Å². The standard InChI is InChI=1S/C22H19N5O3S3/c1-3-29-16-8-5-4-7-14(16)23-21-26-27-22(33-21)32-12(2)18-24-19(28)17-13(11-31-20(17)25-18)15-9-6-10-30-15/h4-12H,3H2,1-2H3,(H,23,26)(H,24,25,28). The molecule has 0 aliphatic heterocycles. The molecule has 11 heteroatoms. The first kappa shape index (κ1) is 21.7. The molecule has 1 unspecified atom stereocenters. The van der Waals surface area contributed by atoms with Gasteiger partial charge in [-0.05, 0) is 38.1 Å². The maximum Gasteiger partial charge on any atom is 0.260 e. The number of thioether (sulfide) groups is 1. The predicted molar refractivity (Wildman–Crippen MR) is 133 cm³/mol. The molecule has 5 aromatic rings. The lowest BCUT2D eigenvalue weighted by atomic mass is 10.2. The molecule has 5 rings (SSSR count). The fraction of sp³-hybridized carbons (Fsp3) is 0.182. The maximum atomic E-state index is 12.8. The van der Waals surface area contributed by atoms with Gasteiger partial charge in [-0.3, -0.25) is 4.79 Å². The van der Waals surface area contributed by atoms with Gasteiger partial charge in [0.15, 0.2) is 4.34 Å². The number of furan rings is 1. The van der Waals surface area contributed by atoms with E-state index in [-0.39, 0.29) is 10.8 Å². The molecule has 168 valence electrons. The quantitative estimate of drug-likeness (QED) is 0.248. The van der Waals surface area contributed by atoms with Gasteiger partial charge >= 0.3 is 0 Å². The van der Waals surface area contributed by atoms with E-state index in [2.05, 4.69) is 20.5 Å². The molecule has 0 fully saturated rings. The number of rotatable bonds is 8. The molecule has 1 atom stereocenters. The summed E-state index contributed by atoms with van der Waals surface area (Å²) in [7, 11) is 0. The van der Waals surface area contributed by atoms with Crippen molar-refractivity contribution in [1.29, 1.82) is 0 Å². The van der Waals surface area contributed by atoms with Crippen molar-refractivity contribution in [3.63, 3.8) is 0 Å². The summed E-state index contributed by atoms with van der Waals surface area (Å²) in [6, 6.07) is 11.3.